The minimum absolute atomic E-state index is 0.0205. The van der Waals surface area contributed by atoms with E-state index in [4.69, 9.17) is 0 Å². The summed E-state index contributed by atoms with van der Waals surface area (Å²) in [6.07, 6.45) is 2.59. The fourth-order valence-electron chi connectivity index (χ4n) is 2.04. The van der Waals surface area contributed by atoms with Crippen LogP contribution < -0.4 is 5.32 Å². The highest BCUT2D eigenvalue weighted by Gasteiger charge is 2.27. The second-order valence-electron chi connectivity index (χ2n) is 4.51. The second kappa shape index (κ2) is 5.87. The summed E-state index contributed by atoms with van der Waals surface area (Å²) in [5, 5.41) is 2.70. The van der Waals surface area contributed by atoms with E-state index in [1.165, 1.54) is 0 Å². The van der Waals surface area contributed by atoms with Crippen molar-refractivity contribution in [2.45, 2.75) is 46.1 Å². The molecule has 1 aliphatic rings. The van der Waals surface area contributed by atoms with Crippen molar-refractivity contribution in [1.82, 2.24) is 10.2 Å². The normalized spacial score (nSPS) is 22.2. The first-order valence-corrected chi connectivity index (χ1v) is 6.16. The Morgan fingerprint density at radius 1 is 1.38 bits per heavy atom. The maximum Gasteiger partial charge on any atom is 0.244 e. The van der Waals surface area contributed by atoms with Crippen molar-refractivity contribution in [3.63, 3.8) is 0 Å². The van der Waals surface area contributed by atoms with E-state index >= 15 is 0 Å². The van der Waals surface area contributed by atoms with Crippen LogP contribution in [-0.4, -0.2) is 35.8 Å². The molecule has 1 N–H and O–H groups in total. The average molecular weight is 226 g/mol. The molecule has 2 amide bonds. The molecular formula is C12H22N2O2. The fraction of sp³-hybridized carbons (Fsp3) is 0.833. The zero-order chi connectivity index (χ0) is 12.1. The van der Waals surface area contributed by atoms with Crippen molar-refractivity contribution < 1.29 is 9.59 Å². The SMILES string of the molecule is CCC(CC)CN1CCC(=O)NC(C)C1=O. The highest BCUT2D eigenvalue weighted by atomic mass is 16.2. The van der Waals surface area contributed by atoms with Crippen molar-refractivity contribution in [3.05, 3.63) is 0 Å². The zero-order valence-corrected chi connectivity index (χ0v) is 10.5. The van der Waals surface area contributed by atoms with Gasteiger partial charge in [-0.2, -0.15) is 0 Å². The van der Waals surface area contributed by atoms with Crippen LogP contribution in [0.3, 0.4) is 0 Å². The van der Waals surface area contributed by atoms with Gasteiger partial charge in [-0.25, -0.2) is 0 Å². The first-order chi connectivity index (χ1) is 7.58. The average Bonchev–Trinajstić information content (AvgIpc) is 2.38. The molecule has 1 saturated heterocycles. The van der Waals surface area contributed by atoms with E-state index in [0.29, 0.717) is 18.9 Å². The van der Waals surface area contributed by atoms with Gasteiger partial charge in [-0.15, -0.1) is 0 Å². The van der Waals surface area contributed by atoms with Gasteiger partial charge >= 0.3 is 0 Å². The highest BCUT2D eigenvalue weighted by molar-refractivity contribution is 5.89. The number of hydrogen-bond acceptors (Lipinski definition) is 2. The van der Waals surface area contributed by atoms with Crippen LogP contribution >= 0.6 is 0 Å². The van der Waals surface area contributed by atoms with Gasteiger partial charge in [-0.05, 0) is 12.8 Å². The van der Waals surface area contributed by atoms with E-state index in [2.05, 4.69) is 19.2 Å². The molecule has 1 fully saturated rings. The van der Waals surface area contributed by atoms with Gasteiger partial charge in [-0.1, -0.05) is 26.7 Å². The molecule has 92 valence electrons. The van der Waals surface area contributed by atoms with Crippen LogP contribution in [0.2, 0.25) is 0 Å². The lowest BCUT2D eigenvalue weighted by Crippen LogP contribution is -2.44. The molecular weight excluding hydrogens is 204 g/mol. The minimum Gasteiger partial charge on any atom is -0.345 e. The monoisotopic (exact) mass is 226 g/mol. The maximum atomic E-state index is 12.0. The maximum absolute atomic E-state index is 12.0. The Hall–Kier alpha value is -1.06. The lowest BCUT2D eigenvalue weighted by molar-refractivity contribution is -0.133. The molecule has 4 heteroatoms. The van der Waals surface area contributed by atoms with Crippen LogP contribution in [0.25, 0.3) is 0 Å². The molecule has 1 rings (SSSR count). The van der Waals surface area contributed by atoms with Crippen molar-refractivity contribution in [3.8, 4) is 0 Å². The summed E-state index contributed by atoms with van der Waals surface area (Å²) in [5.41, 5.74) is 0. The highest BCUT2D eigenvalue weighted by Crippen LogP contribution is 2.12. The summed E-state index contributed by atoms with van der Waals surface area (Å²) in [4.78, 5) is 25.1. The van der Waals surface area contributed by atoms with Crippen molar-refractivity contribution >= 4 is 11.8 Å². The van der Waals surface area contributed by atoms with Gasteiger partial charge in [0.05, 0.1) is 0 Å². The molecule has 16 heavy (non-hydrogen) atoms. The Kier molecular flexibility index (Phi) is 4.77. The Bertz CT molecular complexity index is 262. The number of nitrogens with zero attached hydrogens (tertiary/aromatic N) is 1. The Labute approximate surface area is 97.4 Å². The Morgan fingerprint density at radius 3 is 2.56 bits per heavy atom. The summed E-state index contributed by atoms with van der Waals surface area (Å²) in [5.74, 6) is 0.579. The third-order valence-electron chi connectivity index (χ3n) is 3.30. The molecule has 0 saturated carbocycles. The largest absolute Gasteiger partial charge is 0.345 e. The molecule has 4 nitrogen and oxygen atoms in total. The van der Waals surface area contributed by atoms with Gasteiger partial charge in [0.2, 0.25) is 11.8 Å². The van der Waals surface area contributed by atoms with Gasteiger partial charge in [-0.3, -0.25) is 9.59 Å². The van der Waals surface area contributed by atoms with E-state index in [1.54, 1.807) is 6.92 Å². The number of nitrogens with one attached hydrogen (secondary N) is 1. The van der Waals surface area contributed by atoms with E-state index in [9.17, 15) is 9.59 Å². The van der Waals surface area contributed by atoms with E-state index in [-0.39, 0.29) is 17.9 Å². The van der Waals surface area contributed by atoms with E-state index in [0.717, 1.165) is 19.4 Å². The molecule has 0 aromatic heterocycles. The molecule has 0 spiro atoms. The van der Waals surface area contributed by atoms with Crippen molar-refractivity contribution in [1.29, 1.82) is 0 Å². The third kappa shape index (κ3) is 3.22. The number of amides is 2. The predicted molar refractivity (Wildman–Crippen MR) is 62.9 cm³/mol. The smallest absolute Gasteiger partial charge is 0.244 e. The van der Waals surface area contributed by atoms with Crippen LogP contribution in [0.1, 0.15) is 40.0 Å². The van der Waals surface area contributed by atoms with Gasteiger partial charge < -0.3 is 10.2 Å². The molecule has 0 aromatic carbocycles. The van der Waals surface area contributed by atoms with E-state index < -0.39 is 0 Å². The molecule has 0 radical (unpaired) electrons. The third-order valence-corrected chi connectivity index (χ3v) is 3.30. The number of rotatable bonds is 4. The van der Waals surface area contributed by atoms with Gasteiger partial charge in [0.1, 0.15) is 6.04 Å². The molecule has 1 unspecified atom stereocenters. The van der Waals surface area contributed by atoms with Crippen LogP contribution in [0.4, 0.5) is 0 Å². The molecule has 1 aliphatic heterocycles. The lowest BCUT2D eigenvalue weighted by Gasteiger charge is -2.26. The molecule has 0 aromatic rings. The van der Waals surface area contributed by atoms with E-state index in [1.807, 2.05) is 4.90 Å². The van der Waals surface area contributed by atoms with Crippen molar-refractivity contribution in [2.75, 3.05) is 13.1 Å². The van der Waals surface area contributed by atoms with Crippen LogP contribution in [0.5, 0.6) is 0 Å². The van der Waals surface area contributed by atoms with Crippen LogP contribution in [0, 0.1) is 5.92 Å². The molecule has 1 atom stereocenters. The standard InChI is InChI=1S/C12H22N2O2/c1-4-10(5-2)8-14-7-6-11(15)13-9(3)12(14)16/h9-10H,4-8H2,1-3H3,(H,13,15). The van der Waals surface area contributed by atoms with Gasteiger partial charge in [0, 0.05) is 19.5 Å². The molecule has 1 heterocycles. The van der Waals surface area contributed by atoms with Crippen LogP contribution in [-0.2, 0) is 9.59 Å². The zero-order valence-electron chi connectivity index (χ0n) is 10.5. The second-order valence-corrected chi connectivity index (χ2v) is 4.51. The first-order valence-electron chi connectivity index (χ1n) is 6.16. The fourth-order valence-corrected chi connectivity index (χ4v) is 2.04. The summed E-state index contributed by atoms with van der Waals surface area (Å²) in [6, 6.07) is -0.371. The number of hydrogen-bond donors (Lipinski definition) is 1. The molecule has 0 aliphatic carbocycles. The summed E-state index contributed by atoms with van der Waals surface area (Å²) < 4.78 is 0. The summed E-state index contributed by atoms with van der Waals surface area (Å²) >= 11 is 0. The van der Waals surface area contributed by atoms with Crippen molar-refractivity contribution in [2.24, 2.45) is 5.92 Å². The Balaban J connectivity index is 2.63. The van der Waals surface area contributed by atoms with Crippen LogP contribution in [0.15, 0.2) is 0 Å². The number of carbonyl (C=O) groups is 2. The summed E-state index contributed by atoms with van der Waals surface area (Å²) in [7, 11) is 0. The molecule has 0 bridgehead atoms. The van der Waals surface area contributed by atoms with Gasteiger partial charge in [0.25, 0.3) is 0 Å². The number of carbonyl (C=O) groups excluding carboxylic acids is 2. The minimum atomic E-state index is -0.371. The Morgan fingerprint density at radius 2 is 2.00 bits per heavy atom. The quantitative estimate of drug-likeness (QED) is 0.782. The topological polar surface area (TPSA) is 49.4 Å². The van der Waals surface area contributed by atoms with Gasteiger partial charge in [0.15, 0.2) is 0 Å². The first kappa shape index (κ1) is 13.0. The predicted octanol–water partition coefficient (Wildman–Crippen LogP) is 1.16. The summed E-state index contributed by atoms with van der Waals surface area (Å²) in [6.45, 7) is 7.38. The lowest BCUT2D eigenvalue weighted by atomic mass is 10.0.